The minimum absolute atomic E-state index is 0.0671. The Bertz CT molecular complexity index is 4490. The van der Waals surface area contributed by atoms with E-state index in [9.17, 15) is 47.9 Å². The molecule has 22 heteroatoms. The van der Waals surface area contributed by atoms with E-state index in [1.165, 1.54) is 17.4 Å². The highest BCUT2D eigenvalue weighted by molar-refractivity contribution is 7.19. The predicted molar refractivity (Wildman–Crippen MR) is 339 cm³/mol. The van der Waals surface area contributed by atoms with Gasteiger partial charge in [-0.2, -0.15) is 0 Å². The largest absolute Gasteiger partial charge is 0.497 e. The number of hydrogen-bond donors (Lipinski definition) is 3. The van der Waals surface area contributed by atoms with E-state index < -0.39 is 71.3 Å². The van der Waals surface area contributed by atoms with E-state index in [4.69, 9.17) is 30.5 Å². The summed E-state index contributed by atoms with van der Waals surface area (Å²) in [5, 5.41) is 11.2. The molecule has 464 valence electrons. The first-order valence-corrected chi connectivity index (χ1v) is 30.6. The van der Waals surface area contributed by atoms with Crippen molar-refractivity contribution in [3.8, 4) is 23.0 Å². The molecule has 3 fully saturated rings. The van der Waals surface area contributed by atoms with Gasteiger partial charge in [-0.1, -0.05) is 110 Å². The van der Waals surface area contributed by atoms with Crippen LogP contribution in [-0.4, -0.2) is 99.0 Å². The fourth-order valence-electron chi connectivity index (χ4n) is 11.9. The van der Waals surface area contributed by atoms with Crippen molar-refractivity contribution in [1.29, 1.82) is 0 Å². The summed E-state index contributed by atoms with van der Waals surface area (Å²) in [6, 6.07) is 41.2. The molecule has 0 bridgehead atoms. The van der Waals surface area contributed by atoms with Crippen LogP contribution in [0.3, 0.4) is 0 Å². The molecule has 7 aromatic carbocycles. The maximum absolute atomic E-state index is 13.3. The molecule has 8 aromatic rings. The van der Waals surface area contributed by atoms with Gasteiger partial charge in [-0.25, -0.2) is 0 Å². The minimum Gasteiger partial charge on any atom is -0.497 e. The zero-order valence-corrected chi connectivity index (χ0v) is 51.2. The third-order valence-corrected chi connectivity index (χ3v) is 18.3. The highest BCUT2D eigenvalue weighted by Crippen LogP contribution is 2.41. The second kappa shape index (κ2) is 25.6. The highest BCUT2D eigenvalue weighted by atomic mass is 35.5. The molecule has 14 rings (SSSR count). The van der Waals surface area contributed by atoms with Crippen LogP contribution in [0.1, 0.15) is 130 Å². The number of methoxy groups -OCH3 is 1. The van der Waals surface area contributed by atoms with Crippen LogP contribution in [0.5, 0.6) is 23.0 Å². The monoisotopic (exact) mass is 1270 g/mol. The van der Waals surface area contributed by atoms with Crippen molar-refractivity contribution >= 4 is 103 Å². The van der Waals surface area contributed by atoms with Crippen molar-refractivity contribution < 1.29 is 66.9 Å². The molecular formula is C70H57ClN6O14S. The van der Waals surface area contributed by atoms with Gasteiger partial charge in [-0.3, -0.25) is 68.0 Å². The smallest absolute Gasteiger partial charge is 0.266 e. The van der Waals surface area contributed by atoms with Gasteiger partial charge in [0.2, 0.25) is 23.6 Å². The summed E-state index contributed by atoms with van der Waals surface area (Å²) in [6.45, 7) is 9.76. The number of thiophene rings is 1. The molecule has 0 saturated carbocycles. The van der Waals surface area contributed by atoms with Crippen LogP contribution >= 0.6 is 22.9 Å². The Balaban J connectivity index is 0.000000133. The number of benzene rings is 7. The number of fused-ring (bicyclic) bond motifs is 5. The van der Waals surface area contributed by atoms with Crippen LogP contribution in [-0.2, 0) is 32.4 Å². The van der Waals surface area contributed by atoms with Gasteiger partial charge in [0, 0.05) is 27.9 Å². The number of imide groups is 4. The summed E-state index contributed by atoms with van der Waals surface area (Å²) < 4.78 is 24.1. The van der Waals surface area contributed by atoms with Gasteiger partial charge >= 0.3 is 0 Å². The second-order valence-electron chi connectivity index (χ2n) is 22.4. The lowest BCUT2D eigenvalue weighted by atomic mass is 10.0. The predicted octanol–water partition coefficient (Wildman–Crippen LogP) is 10.6. The molecule has 3 N–H and O–H groups in total. The molecule has 10 amide bonds. The Kier molecular flexibility index (Phi) is 17.1. The Morgan fingerprint density at radius 3 is 1.52 bits per heavy atom. The summed E-state index contributed by atoms with van der Waals surface area (Å²) in [4.78, 5) is 130. The van der Waals surface area contributed by atoms with Crippen molar-refractivity contribution in [1.82, 2.24) is 30.7 Å². The number of ether oxygens (including phenoxy) is 4. The molecule has 7 heterocycles. The summed E-state index contributed by atoms with van der Waals surface area (Å²) in [5.74, 6) is -3.34. The number of rotatable bonds is 13. The minimum atomic E-state index is -1.02. The van der Waals surface area contributed by atoms with Gasteiger partial charge in [0.25, 0.3) is 35.4 Å². The van der Waals surface area contributed by atoms with Crippen molar-refractivity contribution in [2.75, 3.05) is 7.11 Å². The van der Waals surface area contributed by atoms with Gasteiger partial charge in [-0.15, -0.1) is 11.3 Å². The van der Waals surface area contributed by atoms with Crippen molar-refractivity contribution in [2.45, 2.75) is 82.9 Å². The maximum Gasteiger partial charge on any atom is 0.266 e. The topological polar surface area (TPSA) is 253 Å². The van der Waals surface area contributed by atoms with Crippen LogP contribution in [0.2, 0.25) is 5.02 Å². The van der Waals surface area contributed by atoms with E-state index >= 15 is 0 Å². The molecule has 6 aliphatic heterocycles. The summed E-state index contributed by atoms with van der Waals surface area (Å²) in [7, 11) is 1.59. The molecule has 3 saturated heterocycles. The third kappa shape index (κ3) is 11.7. The molecular weight excluding hydrogens is 1220 g/mol. The Morgan fingerprint density at radius 2 is 1.00 bits per heavy atom. The SMILES string of the molecule is C=C1CCC(N2C(=O)c3cccc(OC(C)c4ccc5ccccc5c4)c3C2=O)C(=O)N1.C=C1CCC(N2C(=O)c3cccc(OCc4ccc(OC)cc4)c3C2=O)C(=O)N1.O=C1CCC(N2C(=O)c3cccc(OCc4sc5ccccc5c4Cl)c3C2=O)C(=O)N1. The number of carbonyl (C=O) groups excluding carboxylic acids is 10. The van der Waals surface area contributed by atoms with Crippen molar-refractivity contribution in [3.63, 3.8) is 0 Å². The third-order valence-electron chi connectivity index (χ3n) is 16.6. The first kappa shape index (κ1) is 61.5. The number of allylic oxidation sites excluding steroid dienone is 2. The lowest BCUT2D eigenvalue weighted by Crippen LogP contribution is -2.54. The molecule has 0 aliphatic carbocycles. The fourth-order valence-corrected chi connectivity index (χ4v) is 13.3. The normalized spacial score (nSPS) is 18.7. The van der Waals surface area contributed by atoms with Gasteiger partial charge in [0.15, 0.2) is 0 Å². The average Bonchev–Trinajstić information content (AvgIpc) is 1.63. The van der Waals surface area contributed by atoms with E-state index in [0.717, 1.165) is 57.3 Å². The lowest BCUT2D eigenvalue weighted by Gasteiger charge is -2.29. The number of piperidine rings is 3. The van der Waals surface area contributed by atoms with Crippen LogP contribution in [0, 0.1) is 0 Å². The number of carbonyl (C=O) groups is 10. The highest BCUT2D eigenvalue weighted by Gasteiger charge is 2.49. The summed E-state index contributed by atoms with van der Waals surface area (Å²) >= 11 is 7.97. The van der Waals surface area contributed by atoms with Gasteiger partial charge in [0.1, 0.15) is 60.4 Å². The Morgan fingerprint density at radius 1 is 0.522 bits per heavy atom. The first-order chi connectivity index (χ1) is 44.4. The molecule has 4 atom stereocenters. The molecule has 6 aliphatic rings. The Hall–Kier alpha value is -10.8. The zero-order chi connectivity index (χ0) is 64.6. The number of halogens is 1. The van der Waals surface area contributed by atoms with E-state index in [2.05, 4.69) is 35.2 Å². The zero-order valence-electron chi connectivity index (χ0n) is 49.6. The maximum atomic E-state index is 13.3. The van der Waals surface area contributed by atoms with Crippen LogP contribution < -0.4 is 34.9 Å². The number of hydrogen-bond acceptors (Lipinski definition) is 15. The van der Waals surface area contributed by atoms with Gasteiger partial charge < -0.3 is 29.6 Å². The molecule has 20 nitrogen and oxygen atoms in total. The summed E-state index contributed by atoms with van der Waals surface area (Å²) in [6.07, 6.45) is 1.58. The van der Waals surface area contributed by atoms with Gasteiger partial charge in [0.05, 0.1) is 50.4 Å². The van der Waals surface area contributed by atoms with Crippen LogP contribution in [0.4, 0.5) is 0 Å². The quantitative estimate of drug-likeness (QED) is 0.0908. The molecule has 0 spiro atoms. The van der Waals surface area contributed by atoms with Crippen LogP contribution in [0.15, 0.2) is 170 Å². The molecule has 92 heavy (non-hydrogen) atoms. The standard InChI is InChI=1S/C26H22N2O4.C22H15ClN2O5S.C22H20N2O5/c1-15-10-13-21(24(29)27-15)28-25(30)20-8-5-9-22(23(20)26(28)31)32-16(2)18-12-11-17-6-3-4-7-19(17)14-18;23-19-11-4-1-2-7-15(11)31-16(19)10-30-14-6-3-5-12-18(14)22(29)25(21(12)28)13-8-9-17(26)24-20(13)27;1-13-6-11-17(20(25)23-13)24-21(26)16-4-3-5-18(19(16)22(24)27)29-12-14-7-9-15(28-2)10-8-14/h3-9,11-12,14,16,21H,1,10,13H2,2H3,(H,27,29);1-7,13H,8-10H2,(H,24,26,27);3-5,7-10,17H,1,6,11-12H2,2H3,(H,23,25). The van der Waals surface area contributed by atoms with E-state index in [0.29, 0.717) is 53.6 Å². The number of amides is 10. The van der Waals surface area contributed by atoms with E-state index in [-0.39, 0.29) is 77.2 Å². The van der Waals surface area contributed by atoms with Crippen molar-refractivity contribution in [2.24, 2.45) is 0 Å². The molecule has 1 aromatic heterocycles. The van der Waals surface area contributed by atoms with Gasteiger partial charge in [-0.05, 0) is 122 Å². The van der Waals surface area contributed by atoms with Crippen LogP contribution in [0.25, 0.3) is 20.9 Å². The molecule has 4 unspecified atom stereocenters. The summed E-state index contributed by atoms with van der Waals surface area (Å²) in [5.41, 5.74) is 4.24. The fraction of sp³-hybridized carbons (Fsp3) is 0.200. The first-order valence-electron chi connectivity index (χ1n) is 29.4. The lowest BCUT2D eigenvalue weighted by molar-refractivity contribution is -0.136. The Labute approximate surface area is 535 Å². The van der Waals surface area contributed by atoms with E-state index in [1.54, 1.807) is 55.6 Å². The number of nitrogens with zero attached hydrogens (tertiary/aromatic N) is 3. The number of nitrogens with one attached hydrogen (secondary N) is 3. The second-order valence-corrected chi connectivity index (χ2v) is 23.9. The molecule has 0 radical (unpaired) electrons. The van der Waals surface area contributed by atoms with E-state index in [1.807, 2.05) is 91.9 Å². The van der Waals surface area contributed by atoms with Crippen molar-refractivity contribution in [3.05, 3.63) is 225 Å². The average molecular weight is 1270 g/mol.